The smallest absolute Gasteiger partial charge is 0.335 e. The van der Waals surface area contributed by atoms with E-state index in [1.807, 2.05) is 0 Å². The molecule has 1 fully saturated rings. The van der Waals surface area contributed by atoms with Crippen LogP contribution in [0.2, 0.25) is 0 Å². The summed E-state index contributed by atoms with van der Waals surface area (Å²) in [5.74, 6) is -1.20. The van der Waals surface area contributed by atoms with E-state index in [0.717, 1.165) is 25.2 Å². The van der Waals surface area contributed by atoms with Crippen LogP contribution in [0.3, 0.4) is 0 Å². The van der Waals surface area contributed by atoms with Crippen molar-refractivity contribution in [2.24, 2.45) is 0 Å². The number of carboxylic acids is 1. The molecule has 0 amide bonds. The second-order valence-electron chi connectivity index (χ2n) is 7.63. The Bertz CT molecular complexity index is 1410. The van der Waals surface area contributed by atoms with Gasteiger partial charge in [-0.1, -0.05) is 12.1 Å². The maximum Gasteiger partial charge on any atom is 0.335 e. The zero-order chi connectivity index (χ0) is 23.1. The van der Waals surface area contributed by atoms with Crippen molar-refractivity contribution in [3.05, 3.63) is 71.9 Å². The first kappa shape index (κ1) is 22.0. The molecule has 4 rings (SSSR count). The fourth-order valence-corrected chi connectivity index (χ4v) is 5.46. The Morgan fingerprint density at radius 3 is 2.38 bits per heavy atom. The number of nitrogens with zero attached hydrogens (tertiary/aromatic N) is 1. The summed E-state index contributed by atoms with van der Waals surface area (Å²) in [5.41, 5.74) is 1.27. The number of nitrogens with one attached hydrogen (secondary N) is 1. The molecule has 1 aliphatic carbocycles. The molecule has 0 atom stereocenters. The molecule has 3 aromatic rings. The molecule has 32 heavy (non-hydrogen) atoms. The molecule has 10 heteroatoms. The normalized spacial score (nSPS) is 14.2. The average Bonchev–Trinajstić information content (AvgIpc) is 3.58. The van der Waals surface area contributed by atoms with Crippen molar-refractivity contribution in [2.75, 3.05) is 11.0 Å². The zero-order valence-corrected chi connectivity index (χ0v) is 18.7. The van der Waals surface area contributed by atoms with Crippen LogP contribution in [-0.2, 0) is 19.9 Å². The Kier molecular flexibility index (Phi) is 5.51. The fourth-order valence-electron chi connectivity index (χ4n) is 3.42. The Labute approximate surface area is 185 Å². The summed E-state index contributed by atoms with van der Waals surface area (Å²) in [5, 5.41) is 9.34. The van der Waals surface area contributed by atoms with Gasteiger partial charge in [-0.2, -0.15) is 0 Å². The van der Waals surface area contributed by atoms with Gasteiger partial charge in [0.2, 0.25) is 0 Å². The summed E-state index contributed by atoms with van der Waals surface area (Å²) in [6.45, 7) is 0. The molecule has 0 unspecified atom stereocenters. The number of sulfone groups is 1. The molecule has 2 aromatic carbocycles. The van der Waals surface area contributed by atoms with Crippen LogP contribution in [0.25, 0.3) is 11.3 Å². The first-order chi connectivity index (χ1) is 15.1. The predicted octanol–water partition coefficient (Wildman–Crippen LogP) is 3.53. The van der Waals surface area contributed by atoms with Crippen molar-refractivity contribution in [1.29, 1.82) is 0 Å². The van der Waals surface area contributed by atoms with Crippen molar-refractivity contribution < 1.29 is 26.7 Å². The van der Waals surface area contributed by atoms with Crippen LogP contribution in [-0.4, -0.2) is 39.2 Å². The Balaban J connectivity index is 1.86. The van der Waals surface area contributed by atoms with E-state index >= 15 is 0 Å². The largest absolute Gasteiger partial charge is 0.478 e. The number of aromatic nitrogens is 1. The predicted molar refractivity (Wildman–Crippen MR) is 119 cm³/mol. The molecule has 8 nitrogen and oxygen atoms in total. The molecule has 2 N–H and O–H groups in total. The minimum Gasteiger partial charge on any atom is -0.478 e. The summed E-state index contributed by atoms with van der Waals surface area (Å²) in [7, 11) is -7.84. The highest BCUT2D eigenvalue weighted by Gasteiger charge is 2.32. The number of benzene rings is 2. The maximum atomic E-state index is 13.4. The lowest BCUT2D eigenvalue weighted by Crippen LogP contribution is -2.17. The molecule has 166 valence electrons. The quantitative estimate of drug-likeness (QED) is 0.538. The van der Waals surface area contributed by atoms with E-state index in [4.69, 9.17) is 0 Å². The minimum atomic E-state index is -4.23. The van der Waals surface area contributed by atoms with Crippen molar-refractivity contribution in [1.82, 2.24) is 4.98 Å². The summed E-state index contributed by atoms with van der Waals surface area (Å²) < 4.78 is 53.4. The zero-order valence-electron chi connectivity index (χ0n) is 17.0. The van der Waals surface area contributed by atoms with E-state index in [0.29, 0.717) is 16.8 Å². The lowest BCUT2D eigenvalue weighted by molar-refractivity contribution is 0.0696. The van der Waals surface area contributed by atoms with Gasteiger partial charge in [-0.15, -0.1) is 0 Å². The third-order valence-corrected chi connectivity index (χ3v) is 7.70. The monoisotopic (exact) mass is 472 g/mol. The molecule has 0 bridgehead atoms. The number of hydrogen-bond donors (Lipinski definition) is 2. The number of hydrogen-bond acceptors (Lipinski definition) is 6. The highest BCUT2D eigenvalue weighted by molar-refractivity contribution is 7.92. The van der Waals surface area contributed by atoms with Crippen LogP contribution in [0.1, 0.15) is 34.7 Å². The Morgan fingerprint density at radius 1 is 1.03 bits per heavy atom. The van der Waals surface area contributed by atoms with Crippen LogP contribution < -0.4 is 4.72 Å². The molecule has 1 heterocycles. The van der Waals surface area contributed by atoms with Gasteiger partial charge in [0.25, 0.3) is 10.0 Å². The molecule has 0 spiro atoms. The van der Waals surface area contributed by atoms with Crippen molar-refractivity contribution in [3.63, 3.8) is 0 Å². The number of pyridine rings is 1. The van der Waals surface area contributed by atoms with E-state index in [2.05, 4.69) is 9.71 Å². The summed E-state index contributed by atoms with van der Waals surface area (Å²) >= 11 is 0. The molecule has 1 aliphatic rings. The Morgan fingerprint density at radius 2 is 1.78 bits per heavy atom. The first-order valence-corrected chi connectivity index (χ1v) is 13.1. The second-order valence-corrected chi connectivity index (χ2v) is 11.3. The number of aromatic carboxylic acids is 1. The third kappa shape index (κ3) is 4.51. The van der Waals surface area contributed by atoms with Crippen molar-refractivity contribution in [3.8, 4) is 11.3 Å². The highest BCUT2D eigenvalue weighted by atomic mass is 32.2. The lowest BCUT2D eigenvalue weighted by atomic mass is 10.1. The van der Waals surface area contributed by atoms with Gasteiger partial charge in [0.1, 0.15) is 0 Å². The van der Waals surface area contributed by atoms with Gasteiger partial charge < -0.3 is 5.11 Å². The van der Waals surface area contributed by atoms with Gasteiger partial charge in [-0.25, -0.2) is 21.6 Å². The number of sulfonamides is 1. The van der Waals surface area contributed by atoms with E-state index in [-0.39, 0.29) is 27.0 Å². The van der Waals surface area contributed by atoms with Gasteiger partial charge in [-0.05, 0) is 66.8 Å². The minimum absolute atomic E-state index is 0.0362. The number of carboxylic acid groups (broad SMARTS) is 1. The second kappa shape index (κ2) is 8.03. The van der Waals surface area contributed by atoms with Gasteiger partial charge in [-0.3, -0.25) is 9.71 Å². The van der Waals surface area contributed by atoms with Crippen LogP contribution >= 0.6 is 0 Å². The van der Waals surface area contributed by atoms with E-state index < -0.39 is 25.8 Å². The van der Waals surface area contributed by atoms with Gasteiger partial charge >= 0.3 is 5.97 Å². The van der Waals surface area contributed by atoms with Gasteiger partial charge in [0, 0.05) is 18.0 Å². The number of rotatable bonds is 7. The lowest BCUT2D eigenvalue weighted by Gasteiger charge is -2.16. The van der Waals surface area contributed by atoms with Crippen LogP contribution in [0.5, 0.6) is 0 Å². The molecular weight excluding hydrogens is 452 g/mol. The molecule has 1 saturated carbocycles. The molecular formula is C22H20N2O6S2. The van der Waals surface area contributed by atoms with Crippen molar-refractivity contribution >= 4 is 31.5 Å². The van der Waals surface area contributed by atoms with Gasteiger partial charge in [0.15, 0.2) is 9.84 Å². The van der Waals surface area contributed by atoms with Crippen molar-refractivity contribution in [2.45, 2.75) is 28.6 Å². The van der Waals surface area contributed by atoms with Gasteiger partial charge in [0.05, 0.1) is 26.7 Å². The fraction of sp³-hybridized carbons (Fsp3) is 0.182. The summed E-state index contributed by atoms with van der Waals surface area (Å²) in [6, 6.07) is 13.3. The molecule has 0 saturated heterocycles. The summed E-state index contributed by atoms with van der Waals surface area (Å²) in [4.78, 5) is 15.5. The van der Waals surface area contributed by atoms with E-state index in [1.54, 1.807) is 24.4 Å². The number of anilines is 1. The standard InChI is InChI=1S/C22H20N2O6S2/c1-31(27,28)16-8-10-18(19-4-2-3-11-23-19)20(13-16)24-32(29,30)21-12-15(22(25)26)7-9-17(21)14-5-6-14/h2-4,7-14,24H,5-6H2,1H3,(H,25,26). The summed E-state index contributed by atoms with van der Waals surface area (Å²) in [6.07, 6.45) is 4.21. The third-order valence-electron chi connectivity index (χ3n) is 5.17. The number of carbonyl (C=O) groups is 1. The van der Waals surface area contributed by atoms with E-state index in [9.17, 15) is 26.7 Å². The maximum absolute atomic E-state index is 13.4. The molecule has 0 aliphatic heterocycles. The molecule has 0 radical (unpaired) electrons. The SMILES string of the molecule is CS(=O)(=O)c1ccc(-c2ccccn2)c(NS(=O)(=O)c2cc(C(=O)O)ccc2C2CC2)c1. The topological polar surface area (TPSA) is 130 Å². The van der Waals surface area contributed by atoms with Crippen LogP contribution in [0.4, 0.5) is 5.69 Å². The molecule has 1 aromatic heterocycles. The van der Waals surface area contributed by atoms with Crippen LogP contribution in [0, 0.1) is 0 Å². The highest BCUT2D eigenvalue weighted by Crippen LogP contribution is 2.43. The average molecular weight is 473 g/mol. The van der Waals surface area contributed by atoms with E-state index in [1.165, 1.54) is 30.3 Å². The Hall–Kier alpha value is -3.24. The van der Waals surface area contributed by atoms with Crippen LogP contribution in [0.15, 0.2) is 70.6 Å². The first-order valence-electron chi connectivity index (χ1n) is 9.72.